The molecular weight excluding hydrogens is 246 g/mol. The van der Waals surface area contributed by atoms with E-state index in [1.54, 1.807) is 0 Å². The highest BCUT2D eigenvalue weighted by Gasteiger charge is 2.11. The average molecular weight is 267 g/mol. The Hall–Kier alpha value is -1.73. The molecule has 1 rings (SSSR count). The molecule has 0 aliphatic heterocycles. The molecule has 0 unspecified atom stereocenters. The van der Waals surface area contributed by atoms with Gasteiger partial charge in [0.15, 0.2) is 0 Å². The van der Waals surface area contributed by atoms with Crippen molar-refractivity contribution < 1.29 is 10.0 Å². The van der Waals surface area contributed by atoms with Gasteiger partial charge in [-0.3, -0.25) is 10.0 Å². The van der Waals surface area contributed by atoms with E-state index in [2.05, 4.69) is 36.1 Å². The molecule has 7 heteroatoms. The Balaban J connectivity index is 2.53. The highest BCUT2D eigenvalue weighted by Crippen LogP contribution is 2.05. The fraction of sp³-hybridized carbons (Fsp3) is 0.583. The Labute approximate surface area is 113 Å². The number of amides is 1. The van der Waals surface area contributed by atoms with Gasteiger partial charge in [0, 0.05) is 38.1 Å². The summed E-state index contributed by atoms with van der Waals surface area (Å²) in [6.45, 7) is 7.87. The predicted octanol–water partition coefficient (Wildman–Crippen LogP) is 0.420. The Morgan fingerprint density at radius 2 is 1.95 bits per heavy atom. The number of anilines is 1. The van der Waals surface area contributed by atoms with Gasteiger partial charge in [0.25, 0.3) is 5.91 Å². The van der Waals surface area contributed by atoms with Crippen LogP contribution in [-0.4, -0.2) is 46.8 Å². The molecule has 106 valence electrons. The zero-order valence-electron chi connectivity index (χ0n) is 11.8. The largest absolute Gasteiger partial charge is 0.343 e. The summed E-state index contributed by atoms with van der Waals surface area (Å²) in [5.74, 6) is -0.0891. The van der Waals surface area contributed by atoms with Gasteiger partial charge in [-0.15, -0.1) is 0 Å². The van der Waals surface area contributed by atoms with Crippen LogP contribution in [0.4, 0.5) is 5.95 Å². The Morgan fingerprint density at radius 1 is 1.37 bits per heavy atom. The standard InChI is InChI=1S/C12H21N5O2/c1-12(2,3)15-5-6-17(4)11-13-7-9(8-14-11)10(18)16-19/h7-8,15,19H,5-6H2,1-4H3,(H,16,18). The molecule has 1 aromatic heterocycles. The maximum atomic E-state index is 11.1. The first-order chi connectivity index (χ1) is 8.83. The van der Waals surface area contributed by atoms with E-state index in [4.69, 9.17) is 5.21 Å². The second-order valence-electron chi connectivity index (χ2n) is 5.31. The number of hydrogen-bond acceptors (Lipinski definition) is 6. The minimum absolute atomic E-state index is 0.0742. The van der Waals surface area contributed by atoms with E-state index >= 15 is 0 Å². The first-order valence-electron chi connectivity index (χ1n) is 6.06. The van der Waals surface area contributed by atoms with Crippen molar-refractivity contribution >= 4 is 11.9 Å². The van der Waals surface area contributed by atoms with Crippen LogP contribution in [0.1, 0.15) is 31.1 Å². The van der Waals surface area contributed by atoms with Crippen molar-refractivity contribution in [1.82, 2.24) is 20.8 Å². The fourth-order valence-electron chi connectivity index (χ4n) is 1.40. The predicted molar refractivity (Wildman–Crippen MR) is 72.3 cm³/mol. The molecule has 0 saturated heterocycles. The number of rotatable bonds is 5. The van der Waals surface area contributed by atoms with Crippen molar-refractivity contribution in [3.05, 3.63) is 18.0 Å². The van der Waals surface area contributed by atoms with Gasteiger partial charge in [-0.25, -0.2) is 15.4 Å². The summed E-state index contributed by atoms with van der Waals surface area (Å²) in [7, 11) is 1.88. The molecule has 0 saturated carbocycles. The van der Waals surface area contributed by atoms with Gasteiger partial charge in [0.05, 0.1) is 5.56 Å². The molecule has 0 atom stereocenters. The van der Waals surface area contributed by atoms with Crippen LogP contribution in [0.2, 0.25) is 0 Å². The molecule has 0 aromatic carbocycles. The minimum Gasteiger partial charge on any atom is -0.343 e. The number of carbonyl (C=O) groups excluding carboxylic acids is 1. The van der Waals surface area contributed by atoms with Crippen LogP contribution in [0.5, 0.6) is 0 Å². The molecule has 0 aliphatic rings. The third kappa shape index (κ3) is 5.19. The number of hydrogen-bond donors (Lipinski definition) is 3. The van der Waals surface area contributed by atoms with Crippen LogP contribution in [0, 0.1) is 0 Å². The molecule has 1 aromatic rings. The summed E-state index contributed by atoms with van der Waals surface area (Å²) in [5, 5.41) is 11.9. The Bertz CT molecular complexity index is 413. The zero-order chi connectivity index (χ0) is 14.5. The molecular formula is C12H21N5O2. The lowest BCUT2D eigenvalue weighted by molar-refractivity contribution is 0.0705. The summed E-state index contributed by atoms with van der Waals surface area (Å²) in [6, 6.07) is 0. The third-order valence-electron chi connectivity index (χ3n) is 2.45. The second-order valence-corrected chi connectivity index (χ2v) is 5.31. The van der Waals surface area contributed by atoms with Crippen molar-refractivity contribution in [2.45, 2.75) is 26.3 Å². The van der Waals surface area contributed by atoms with E-state index in [0.717, 1.165) is 13.1 Å². The summed E-state index contributed by atoms with van der Waals surface area (Å²) in [6.07, 6.45) is 2.75. The molecule has 1 amide bonds. The van der Waals surface area contributed by atoms with E-state index < -0.39 is 5.91 Å². The number of carbonyl (C=O) groups is 1. The number of nitrogens with one attached hydrogen (secondary N) is 2. The maximum Gasteiger partial charge on any atom is 0.277 e. The van der Waals surface area contributed by atoms with Gasteiger partial charge in [-0.05, 0) is 20.8 Å². The van der Waals surface area contributed by atoms with E-state index in [-0.39, 0.29) is 11.1 Å². The lowest BCUT2D eigenvalue weighted by Crippen LogP contribution is -2.40. The van der Waals surface area contributed by atoms with E-state index in [9.17, 15) is 4.79 Å². The zero-order valence-corrected chi connectivity index (χ0v) is 11.8. The minimum atomic E-state index is -0.622. The van der Waals surface area contributed by atoms with Gasteiger partial charge < -0.3 is 10.2 Å². The molecule has 0 spiro atoms. The Morgan fingerprint density at radius 3 is 2.42 bits per heavy atom. The fourth-order valence-corrected chi connectivity index (χ4v) is 1.40. The number of nitrogens with zero attached hydrogens (tertiary/aromatic N) is 3. The summed E-state index contributed by atoms with van der Waals surface area (Å²) < 4.78 is 0. The summed E-state index contributed by atoms with van der Waals surface area (Å²) >= 11 is 0. The average Bonchev–Trinajstić information content (AvgIpc) is 2.36. The van der Waals surface area contributed by atoms with Gasteiger partial charge in [0.2, 0.25) is 5.95 Å². The van der Waals surface area contributed by atoms with Crippen LogP contribution < -0.4 is 15.7 Å². The summed E-state index contributed by atoms with van der Waals surface area (Å²) in [5.41, 5.74) is 1.83. The van der Waals surface area contributed by atoms with E-state index in [0.29, 0.717) is 5.95 Å². The van der Waals surface area contributed by atoms with Gasteiger partial charge >= 0.3 is 0 Å². The molecule has 19 heavy (non-hydrogen) atoms. The maximum absolute atomic E-state index is 11.1. The van der Waals surface area contributed by atoms with Crippen LogP contribution in [0.15, 0.2) is 12.4 Å². The second kappa shape index (κ2) is 6.44. The van der Waals surface area contributed by atoms with Crippen LogP contribution in [0.25, 0.3) is 0 Å². The number of hydroxylamine groups is 1. The number of likely N-dealkylation sites (N-methyl/N-ethyl adjacent to an activating group) is 1. The van der Waals surface area contributed by atoms with Crippen molar-refractivity contribution in [2.75, 3.05) is 25.0 Å². The molecule has 3 N–H and O–H groups in total. The van der Waals surface area contributed by atoms with E-state index in [1.807, 2.05) is 11.9 Å². The van der Waals surface area contributed by atoms with Crippen LogP contribution in [-0.2, 0) is 0 Å². The van der Waals surface area contributed by atoms with Crippen LogP contribution in [0.3, 0.4) is 0 Å². The van der Waals surface area contributed by atoms with Crippen molar-refractivity contribution in [1.29, 1.82) is 0 Å². The third-order valence-corrected chi connectivity index (χ3v) is 2.45. The lowest BCUT2D eigenvalue weighted by Gasteiger charge is -2.23. The van der Waals surface area contributed by atoms with Gasteiger partial charge in [-0.2, -0.15) is 0 Å². The first kappa shape index (κ1) is 15.3. The molecule has 1 heterocycles. The van der Waals surface area contributed by atoms with Crippen molar-refractivity contribution in [2.24, 2.45) is 0 Å². The highest BCUT2D eigenvalue weighted by molar-refractivity contribution is 5.92. The molecule has 7 nitrogen and oxygen atoms in total. The topological polar surface area (TPSA) is 90.4 Å². The quantitative estimate of drug-likeness (QED) is 0.529. The van der Waals surface area contributed by atoms with Gasteiger partial charge in [-0.1, -0.05) is 0 Å². The Kier molecular flexibility index (Phi) is 5.20. The van der Waals surface area contributed by atoms with Crippen LogP contribution >= 0.6 is 0 Å². The van der Waals surface area contributed by atoms with Crippen molar-refractivity contribution in [3.8, 4) is 0 Å². The lowest BCUT2D eigenvalue weighted by atomic mass is 10.1. The normalized spacial score (nSPS) is 11.2. The number of aromatic nitrogens is 2. The first-order valence-corrected chi connectivity index (χ1v) is 6.06. The molecule has 0 fully saturated rings. The monoisotopic (exact) mass is 267 g/mol. The molecule has 0 bridgehead atoms. The summed E-state index contributed by atoms with van der Waals surface area (Å²) in [4.78, 5) is 21.2. The smallest absolute Gasteiger partial charge is 0.277 e. The van der Waals surface area contributed by atoms with E-state index in [1.165, 1.54) is 17.9 Å². The highest BCUT2D eigenvalue weighted by atomic mass is 16.5. The van der Waals surface area contributed by atoms with Crippen molar-refractivity contribution in [3.63, 3.8) is 0 Å². The molecule has 0 aliphatic carbocycles. The molecule has 0 radical (unpaired) electrons. The van der Waals surface area contributed by atoms with Gasteiger partial charge in [0.1, 0.15) is 0 Å². The SMILES string of the molecule is CN(CCNC(C)(C)C)c1ncc(C(=O)NO)cn1.